The maximum absolute atomic E-state index is 12.7. The van der Waals surface area contributed by atoms with Crippen molar-refractivity contribution < 1.29 is 23.1 Å². The standard InChI is InChI=1S/C17H15BrF3N3O2/c18-14-3-9(1-2-13(14)17(19,20)21)6-23-15-8-22-11(7-24-15)4-10-5-12(10)16(25)26/h1-3,7-8,10,12H,4-6H2,(H,23,24)(H,25,26). The quantitative estimate of drug-likeness (QED) is 0.721. The number of rotatable bonds is 6. The Balaban J connectivity index is 1.55. The van der Waals surface area contributed by atoms with Crippen molar-refractivity contribution in [1.82, 2.24) is 9.97 Å². The molecule has 1 aromatic heterocycles. The van der Waals surface area contributed by atoms with Crippen LogP contribution in [0.5, 0.6) is 0 Å². The van der Waals surface area contributed by atoms with Crippen LogP contribution in [0.3, 0.4) is 0 Å². The molecule has 1 saturated carbocycles. The largest absolute Gasteiger partial charge is 0.481 e. The lowest BCUT2D eigenvalue weighted by atomic mass is 10.1. The SMILES string of the molecule is O=C(O)C1CC1Cc1cnc(NCc2ccc(C(F)(F)F)c(Br)c2)cn1. The van der Waals surface area contributed by atoms with Gasteiger partial charge in [-0.3, -0.25) is 9.78 Å². The molecule has 1 aliphatic rings. The fourth-order valence-electron chi connectivity index (χ4n) is 2.69. The molecule has 0 amide bonds. The van der Waals surface area contributed by atoms with E-state index in [-0.39, 0.29) is 16.3 Å². The summed E-state index contributed by atoms with van der Waals surface area (Å²) in [5.41, 5.74) is 0.671. The molecule has 2 unspecified atom stereocenters. The summed E-state index contributed by atoms with van der Waals surface area (Å²) in [5.74, 6) is -0.447. The topological polar surface area (TPSA) is 75.1 Å². The normalized spacial score (nSPS) is 19.2. The van der Waals surface area contributed by atoms with Crippen LogP contribution in [0.25, 0.3) is 0 Å². The lowest BCUT2D eigenvalue weighted by molar-refractivity contribution is -0.139. The second-order valence-corrected chi connectivity index (χ2v) is 7.06. The van der Waals surface area contributed by atoms with Crippen molar-refractivity contribution in [1.29, 1.82) is 0 Å². The minimum Gasteiger partial charge on any atom is -0.481 e. The summed E-state index contributed by atoms with van der Waals surface area (Å²) in [4.78, 5) is 19.3. The summed E-state index contributed by atoms with van der Waals surface area (Å²) < 4.78 is 38.2. The zero-order valence-electron chi connectivity index (χ0n) is 13.4. The first-order valence-electron chi connectivity index (χ1n) is 7.87. The predicted octanol–water partition coefficient (Wildman–Crippen LogP) is 4.13. The van der Waals surface area contributed by atoms with Gasteiger partial charge in [-0.05, 0) is 36.5 Å². The number of nitrogens with zero attached hydrogens (tertiary/aromatic N) is 2. The molecule has 1 aliphatic carbocycles. The molecule has 0 bridgehead atoms. The van der Waals surface area contributed by atoms with E-state index in [0.717, 1.165) is 11.8 Å². The highest BCUT2D eigenvalue weighted by atomic mass is 79.9. The molecule has 2 N–H and O–H groups in total. The van der Waals surface area contributed by atoms with Crippen molar-refractivity contribution in [3.8, 4) is 0 Å². The molecule has 0 radical (unpaired) electrons. The zero-order valence-corrected chi connectivity index (χ0v) is 15.0. The van der Waals surface area contributed by atoms with Crippen LogP contribution in [0.1, 0.15) is 23.2 Å². The van der Waals surface area contributed by atoms with Crippen LogP contribution >= 0.6 is 15.9 Å². The van der Waals surface area contributed by atoms with Crippen LogP contribution in [-0.2, 0) is 23.9 Å². The summed E-state index contributed by atoms with van der Waals surface area (Å²) in [7, 11) is 0. The van der Waals surface area contributed by atoms with Gasteiger partial charge in [-0.1, -0.05) is 22.0 Å². The summed E-state index contributed by atoms with van der Waals surface area (Å²) in [6.07, 6.45) is -0.0297. The van der Waals surface area contributed by atoms with Crippen LogP contribution in [0.15, 0.2) is 35.1 Å². The molecule has 5 nitrogen and oxygen atoms in total. The summed E-state index contributed by atoms with van der Waals surface area (Å²) in [6.45, 7) is 0.300. The number of benzene rings is 1. The molecule has 2 atom stereocenters. The van der Waals surface area contributed by atoms with Crippen molar-refractivity contribution >= 4 is 27.7 Å². The van der Waals surface area contributed by atoms with Gasteiger partial charge in [0, 0.05) is 11.0 Å². The third kappa shape index (κ3) is 4.51. The van der Waals surface area contributed by atoms with Crippen molar-refractivity contribution in [3.05, 3.63) is 51.9 Å². The number of nitrogens with one attached hydrogen (secondary N) is 1. The predicted molar refractivity (Wildman–Crippen MR) is 91.4 cm³/mol. The minimum absolute atomic E-state index is 0.0110. The van der Waals surface area contributed by atoms with E-state index < -0.39 is 17.7 Å². The highest BCUT2D eigenvalue weighted by molar-refractivity contribution is 9.10. The number of alkyl halides is 3. The smallest absolute Gasteiger partial charge is 0.417 e. The average Bonchev–Trinajstić information content (AvgIpc) is 3.32. The van der Waals surface area contributed by atoms with E-state index >= 15 is 0 Å². The molecule has 0 spiro atoms. The second kappa shape index (κ2) is 7.22. The maximum atomic E-state index is 12.7. The van der Waals surface area contributed by atoms with E-state index in [2.05, 4.69) is 31.2 Å². The molecule has 0 aliphatic heterocycles. The van der Waals surface area contributed by atoms with Gasteiger partial charge in [0.05, 0.1) is 29.6 Å². The molecule has 26 heavy (non-hydrogen) atoms. The van der Waals surface area contributed by atoms with Crippen molar-refractivity contribution in [2.45, 2.75) is 25.6 Å². The molecule has 9 heteroatoms. The third-order valence-corrected chi connectivity index (χ3v) is 4.89. The van der Waals surface area contributed by atoms with Gasteiger partial charge in [-0.15, -0.1) is 0 Å². The van der Waals surface area contributed by atoms with Gasteiger partial charge in [-0.2, -0.15) is 13.2 Å². The average molecular weight is 430 g/mol. The first kappa shape index (κ1) is 18.6. The van der Waals surface area contributed by atoms with Crippen molar-refractivity contribution in [2.24, 2.45) is 11.8 Å². The summed E-state index contributed by atoms with van der Waals surface area (Å²) in [5, 5.41) is 11.9. The Morgan fingerprint density at radius 2 is 2.08 bits per heavy atom. The lowest BCUT2D eigenvalue weighted by Crippen LogP contribution is -2.08. The molecule has 1 heterocycles. The maximum Gasteiger partial charge on any atom is 0.417 e. The monoisotopic (exact) mass is 429 g/mol. The van der Waals surface area contributed by atoms with Gasteiger partial charge in [0.2, 0.25) is 0 Å². The number of hydrogen-bond acceptors (Lipinski definition) is 4. The molecule has 1 fully saturated rings. The Morgan fingerprint density at radius 1 is 1.31 bits per heavy atom. The summed E-state index contributed by atoms with van der Waals surface area (Å²) >= 11 is 2.94. The van der Waals surface area contributed by atoms with E-state index in [0.29, 0.717) is 30.8 Å². The van der Waals surface area contributed by atoms with E-state index in [4.69, 9.17) is 5.11 Å². The molecule has 2 aromatic rings. The van der Waals surface area contributed by atoms with Gasteiger partial charge in [0.1, 0.15) is 5.82 Å². The van der Waals surface area contributed by atoms with Crippen molar-refractivity contribution in [2.75, 3.05) is 5.32 Å². The zero-order chi connectivity index (χ0) is 18.9. The number of aromatic nitrogens is 2. The number of carbonyl (C=O) groups is 1. The van der Waals surface area contributed by atoms with Crippen LogP contribution in [-0.4, -0.2) is 21.0 Å². The van der Waals surface area contributed by atoms with Crippen LogP contribution in [0, 0.1) is 11.8 Å². The molecule has 3 rings (SSSR count). The van der Waals surface area contributed by atoms with Gasteiger partial charge in [0.15, 0.2) is 0 Å². The Hall–Kier alpha value is -2.16. The third-order valence-electron chi connectivity index (χ3n) is 4.23. The van der Waals surface area contributed by atoms with Crippen LogP contribution < -0.4 is 5.32 Å². The molecular formula is C17H15BrF3N3O2. The highest BCUT2D eigenvalue weighted by Gasteiger charge is 2.43. The van der Waals surface area contributed by atoms with Crippen LogP contribution in [0.2, 0.25) is 0 Å². The number of anilines is 1. The number of aliphatic carboxylic acids is 1. The lowest BCUT2D eigenvalue weighted by Gasteiger charge is -2.11. The number of carboxylic acid groups (broad SMARTS) is 1. The number of hydrogen-bond donors (Lipinski definition) is 2. The van der Waals surface area contributed by atoms with E-state index in [9.17, 15) is 18.0 Å². The number of halogens is 4. The summed E-state index contributed by atoms with van der Waals surface area (Å²) in [6, 6.07) is 3.85. The van der Waals surface area contributed by atoms with E-state index in [1.54, 1.807) is 6.20 Å². The molecule has 1 aromatic carbocycles. The molecule has 138 valence electrons. The Bertz CT molecular complexity index is 812. The van der Waals surface area contributed by atoms with Crippen LogP contribution in [0.4, 0.5) is 19.0 Å². The minimum atomic E-state index is -4.40. The van der Waals surface area contributed by atoms with E-state index in [1.807, 2.05) is 0 Å². The number of carboxylic acids is 1. The van der Waals surface area contributed by atoms with Gasteiger partial charge in [0.25, 0.3) is 0 Å². The van der Waals surface area contributed by atoms with Gasteiger partial charge in [-0.25, -0.2) is 4.98 Å². The first-order chi connectivity index (χ1) is 12.2. The first-order valence-corrected chi connectivity index (χ1v) is 8.66. The van der Waals surface area contributed by atoms with E-state index in [1.165, 1.54) is 18.3 Å². The van der Waals surface area contributed by atoms with Gasteiger partial charge >= 0.3 is 12.1 Å². The Labute approximate surface area is 155 Å². The van der Waals surface area contributed by atoms with Gasteiger partial charge < -0.3 is 10.4 Å². The highest BCUT2D eigenvalue weighted by Crippen LogP contribution is 2.40. The second-order valence-electron chi connectivity index (χ2n) is 6.20. The fourth-order valence-corrected chi connectivity index (χ4v) is 3.34. The van der Waals surface area contributed by atoms with Crippen molar-refractivity contribution in [3.63, 3.8) is 0 Å². The fraction of sp³-hybridized carbons (Fsp3) is 0.353. The molecular weight excluding hydrogens is 415 g/mol. The Morgan fingerprint density at radius 3 is 2.62 bits per heavy atom. The Kier molecular flexibility index (Phi) is 5.17. The molecule has 0 saturated heterocycles.